The summed E-state index contributed by atoms with van der Waals surface area (Å²) in [6, 6.07) is 0. The number of hydrogen-bond donors (Lipinski definition) is 2. The lowest BCUT2D eigenvalue weighted by Crippen LogP contribution is -2.44. The van der Waals surface area contributed by atoms with Crippen LogP contribution in [0.15, 0.2) is 6.20 Å². The van der Waals surface area contributed by atoms with Crippen molar-refractivity contribution in [2.75, 3.05) is 38.1 Å². The summed E-state index contributed by atoms with van der Waals surface area (Å²) in [4.78, 5) is 8.64. The van der Waals surface area contributed by atoms with Gasteiger partial charge in [0, 0.05) is 32.4 Å². The molecule has 1 aromatic heterocycles. The molecular formula is C8H14BN3O2S. The van der Waals surface area contributed by atoms with Crippen molar-refractivity contribution in [2.45, 2.75) is 0 Å². The molecule has 7 heteroatoms. The van der Waals surface area contributed by atoms with Gasteiger partial charge in [-0.05, 0) is 7.05 Å². The Morgan fingerprint density at radius 1 is 1.33 bits per heavy atom. The summed E-state index contributed by atoms with van der Waals surface area (Å²) in [5.74, 6) is 0. The zero-order valence-electron chi connectivity index (χ0n) is 8.63. The van der Waals surface area contributed by atoms with Crippen LogP contribution >= 0.6 is 11.3 Å². The highest BCUT2D eigenvalue weighted by molar-refractivity contribution is 7.24. The summed E-state index contributed by atoms with van der Waals surface area (Å²) in [6.07, 6.45) is 1.53. The number of aromatic nitrogens is 1. The third kappa shape index (κ3) is 2.49. The number of likely N-dealkylation sites (N-methyl/N-ethyl adjacent to an activating group) is 1. The number of hydrogen-bond acceptors (Lipinski definition) is 6. The van der Waals surface area contributed by atoms with Crippen LogP contribution in [0, 0.1) is 0 Å². The average molecular weight is 227 g/mol. The Kier molecular flexibility index (Phi) is 3.25. The van der Waals surface area contributed by atoms with E-state index in [9.17, 15) is 0 Å². The van der Waals surface area contributed by atoms with E-state index >= 15 is 0 Å². The smallest absolute Gasteiger partial charge is 0.423 e. The van der Waals surface area contributed by atoms with Gasteiger partial charge >= 0.3 is 7.12 Å². The molecule has 1 aromatic rings. The lowest BCUT2D eigenvalue weighted by molar-refractivity contribution is 0.313. The Labute approximate surface area is 93.1 Å². The highest BCUT2D eigenvalue weighted by atomic mass is 32.1. The fourth-order valence-corrected chi connectivity index (χ4v) is 2.38. The van der Waals surface area contributed by atoms with Gasteiger partial charge in [0.2, 0.25) is 0 Å². The maximum Gasteiger partial charge on any atom is 0.500 e. The minimum absolute atomic E-state index is 0.504. The molecule has 0 aromatic carbocycles. The van der Waals surface area contributed by atoms with E-state index in [4.69, 9.17) is 10.0 Å². The second-order valence-electron chi connectivity index (χ2n) is 3.71. The van der Waals surface area contributed by atoms with Crippen molar-refractivity contribution in [3.8, 4) is 0 Å². The normalized spacial score (nSPS) is 18.2. The second kappa shape index (κ2) is 4.48. The first kappa shape index (κ1) is 10.9. The van der Waals surface area contributed by atoms with Crippen LogP contribution in [-0.2, 0) is 0 Å². The van der Waals surface area contributed by atoms with Crippen LogP contribution in [0.2, 0.25) is 0 Å². The molecule has 0 radical (unpaired) electrons. The standard InChI is InChI=1S/C8H14BN3O2S/c1-11-2-4-12(5-3-11)8-10-6-7(15-8)9(13)14/h6,13-14H,2-5H2,1H3. The van der Waals surface area contributed by atoms with Gasteiger partial charge in [-0.2, -0.15) is 0 Å². The summed E-state index contributed by atoms with van der Waals surface area (Å²) >= 11 is 1.35. The number of piperazine rings is 1. The summed E-state index contributed by atoms with van der Waals surface area (Å²) in [5, 5.41) is 18.8. The maximum absolute atomic E-state index is 8.98. The van der Waals surface area contributed by atoms with E-state index in [1.807, 2.05) is 0 Å². The van der Waals surface area contributed by atoms with Crippen molar-refractivity contribution < 1.29 is 10.0 Å². The van der Waals surface area contributed by atoms with Gasteiger partial charge in [0.05, 0.1) is 4.78 Å². The molecule has 1 aliphatic rings. The molecular weight excluding hydrogens is 213 g/mol. The van der Waals surface area contributed by atoms with Crippen molar-refractivity contribution >= 4 is 28.4 Å². The first-order valence-electron chi connectivity index (χ1n) is 4.92. The number of nitrogens with zero attached hydrogens (tertiary/aromatic N) is 3. The zero-order chi connectivity index (χ0) is 10.8. The summed E-state index contributed by atoms with van der Waals surface area (Å²) in [5.41, 5.74) is 0. The molecule has 0 bridgehead atoms. The van der Waals surface area contributed by atoms with E-state index < -0.39 is 7.12 Å². The quantitative estimate of drug-likeness (QED) is 0.607. The lowest BCUT2D eigenvalue weighted by Gasteiger charge is -2.32. The van der Waals surface area contributed by atoms with Crippen molar-refractivity contribution in [1.29, 1.82) is 0 Å². The molecule has 2 rings (SSSR count). The Morgan fingerprint density at radius 3 is 2.53 bits per heavy atom. The van der Waals surface area contributed by atoms with E-state index in [2.05, 4.69) is 21.8 Å². The van der Waals surface area contributed by atoms with Crippen LogP contribution in [0.1, 0.15) is 0 Å². The molecule has 0 aliphatic carbocycles. The highest BCUT2D eigenvalue weighted by Crippen LogP contribution is 2.17. The summed E-state index contributed by atoms with van der Waals surface area (Å²) in [6.45, 7) is 3.95. The monoisotopic (exact) mass is 227 g/mol. The summed E-state index contributed by atoms with van der Waals surface area (Å²) in [7, 11) is 0.700. The van der Waals surface area contributed by atoms with Crippen molar-refractivity contribution in [3.63, 3.8) is 0 Å². The molecule has 0 amide bonds. The van der Waals surface area contributed by atoms with E-state index in [-0.39, 0.29) is 0 Å². The molecule has 2 N–H and O–H groups in total. The molecule has 0 saturated carbocycles. The maximum atomic E-state index is 8.98. The van der Waals surface area contributed by atoms with Gasteiger partial charge in [-0.25, -0.2) is 4.98 Å². The molecule has 0 spiro atoms. The molecule has 1 saturated heterocycles. The molecule has 1 fully saturated rings. The van der Waals surface area contributed by atoms with Gasteiger partial charge in [0.25, 0.3) is 0 Å². The van der Waals surface area contributed by atoms with E-state index in [1.54, 1.807) is 0 Å². The van der Waals surface area contributed by atoms with Crippen LogP contribution in [-0.4, -0.2) is 60.3 Å². The fraction of sp³-hybridized carbons (Fsp3) is 0.625. The molecule has 0 atom stereocenters. The molecule has 0 unspecified atom stereocenters. The van der Waals surface area contributed by atoms with E-state index in [1.165, 1.54) is 17.5 Å². The Balaban J connectivity index is 2.03. The van der Waals surface area contributed by atoms with Crippen molar-refractivity contribution in [3.05, 3.63) is 6.20 Å². The molecule has 5 nitrogen and oxygen atoms in total. The third-order valence-electron chi connectivity index (χ3n) is 2.54. The van der Waals surface area contributed by atoms with Crippen LogP contribution in [0.3, 0.4) is 0 Å². The van der Waals surface area contributed by atoms with Crippen LogP contribution in [0.25, 0.3) is 0 Å². The largest absolute Gasteiger partial charge is 0.500 e. The topological polar surface area (TPSA) is 59.8 Å². The highest BCUT2D eigenvalue weighted by Gasteiger charge is 2.20. The average Bonchev–Trinajstić information content (AvgIpc) is 2.68. The molecule has 82 valence electrons. The minimum atomic E-state index is -1.40. The lowest BCUT2D eigenvalue weighted by atomic mass is 9.91. The number of rotatable bonds is 2. The van der Waals surface area contributed by atoms with Gasteiger partial charge in [0.1, 0.15) is 0 Å². The molecule has 2 heterocycles. The Morgan fingerprint density at radius 2 is 2.00 bits per heavy atom. The summed E-state index contributed by atoms with van der Waals surface area (Å²) < 4.78 is 0.504. The Hall–Kier alpha value is -0.625. The van der Waals surface area contributed by atoms with Crippen LogP contribution in [0.5, 0.6) is 0 Å². The van der Waals surface area contributed by atoms with Crippen LogP contribution < -0.4 is 9.68 Å². The van der Waals surface area contributed by atoms with Gasteiger partial charge < -0.3 is 19.8 Å². The first-order chi connectivity index (χ1) is 7.16. The van der Waals surface area contributed by atoms with Crippen molar-refractivity contribution in [1.82, 2.24) is 9.88 Å². The minimum Gasteiger partial charge on any atom is -0.423 e. The third-order valence-corrected chi connectivity index (χ3v) is 3.64. The number of thiazole rings is 1. The van der Waals surface area contributed by atoms with Gasteiger partial charge in [-0.15, -0.1) is 11.3 Å². The van der Waals surface area contributed by atoms with Gasteiger partial charge in [-0.3, -0.25) is 0 Å². The molecule has 1 aliphatic heterocycles. The van der Waals surface area contributed by atoms with E-state index in [0.717, 1.165) is 31.3 Å². The first-order valence-corrected chi connectivity index (χ1v) is 5.74. The van der Waals surface area contributed by atoms with Gasteiger partial charge in [-0.1, -0.05) is 0 Å². The predicted molar refractivity (Wildman–Crippen MR) is 61.6 cm³/mol. The van der Waals surface area contributed by atoms with Gasteiger partial charge in [0.15, 0.2) is 5.13 Å². The van der Waals surface area contributed by atoms with Crippen LogP contribution in [0.4, 0.5) is 5.13 Å². The second-order valence-corrected chi connectivity index (χ2v) is 4.75. The molecule has 15 heavy (non-hydrogen) atoms. The van der Waals surface area contributed by atoms with E-state index in [0.29, 0.717) is 4.78 Å². The number of anilines is 1. The van der Waals surface area contributed by atoms with Crippen molar-refractivity contribution in [2.24, 2.45) is 0 Å². The SMILES string of the molecule is CN1CCN(c2ncc(B(O)O)s2)CC1. The fourth-order valence-electron chi connectivity index (χ4n) is 1.54. The Bertz CT molecular complexity index is 325. The zero-order valence-corrected chi connectivity index (χ0v) is 9.44. The predicted octanol–water partition coefficient (Wildman–Crippen LogP) is -1.43.